The third-order valence-corrected chi connectivity index (χ3v) is 4.30. The van der Waals surface area contributed by atoms with E-state index in [-0.39, 0.29) is 21.2 Å². The molecule has 0 bridgehead atoms. The molecule has 0 aliphatic carbocycles. The van der Waals surface area contributed by atoms with E-state index in [0.29, 0.717) is 0 Å². The highest BCUT2D eigenvalue weighted by molar-refractivity contribution is 7.87. The molecule has 0 heterocycles. The molecule has 110 valence electrons. The molecule has 0 atom stereocenters. The lowest BCUT2D eigenvalue weighted by Crippen LogP contribution is -2.11. The Labute approximate surface area is 127 Å². The summed E-state index contributed by atoms with van der Waals surface area (Å²) in [6, 6.07) is 11.8. The Hall–Kier alpha value is -2.05. The highest BCUT2D eigenvalue weighted by Gasteiger charge is 2.21. The van der Waals surface area contributed by atoms with Crippen molar-refractivity contribution >= 4 is 27.7 Å². The van der Waals surface area contributed by atoms with Gasteiger partial charge in [0.15, 0.2) is 0 Å². The fourth-order valence-electron chi connectivity index (χ4n) is 1.60. The Morgan fingerprint density at radius 2 is 1.76 bits per heavy atom. The van der Waals surface area contributed by atoms with Gasteiger partial charge in [0.2, 0.25) is 0 Å². The second-order valence-electron chi connectivity index (χ2n) is 3.99. The van der Waals surface area contributed by atoms with Crippen molar-refractivity contribution in [1.82, 2.24) is 0 Å². The Morgan fingerprint density at radius 1 is 1.10 bits per heavy atom. The predicted molar refractivity (Wildman–Crippen MR) is 77.0 cm³/mol. The Balaban J connectivity index is 2.35. The van der Waals surface area contributed by atoms with Gasteiger partial charge in [-0.3, -0.25) is 0 Å². The van der Waals surface area contributed by atoms with Gasteiger partial charge in [-0.15, -0.1) is 0 Å². The number of carbonyl (C=O) groups is 1. The van der Waals surface area contributed by atoms with Gasteiger partial charge in [-0.25, -0.2) is 4.79 Å². The normalized spacial score (nSPS) is 11.0. The fourth-order valence-corrected chi connectivity index (χ4v) is 3.05. The second kappa shape index (κ2) is 6.15. The van der Waals surface area contributed by atoms with Crippen molar-refractivity contribution in [2.45, 2.75) is 4.90 Å². The van der Waals surface area contributed by atoms with Crippen molar-refractivity contribution in [3.8, 4) is 5.75 Å². The summed E-state index contributed by atoms with van der Waals surface area (Å²) >= 11 is 5.91. The summed E-state index contributed by atoms with van der Waals surface area (Å²) in [5, 5.41) is -0.117. The van der Waals surface area contributed by atoms with Crippen molar-refractivity contribution in [2.24, 2.45) is 0 Å². The van der Waals surface area contributed by atoms with Crippen LogP contribution in [0, 0.1) is 0 Å². The molecule has 0 spiro atoms. The van der Waals surface area contributed by atoms with Gasteiger partial charge in [0.05, 0.1) is 17.7 Å². The molecule has 2 aromatic carbocycles. The van der Waals surface area contributed by atoms with Crippen LogP contribution in [0.5, 0.6) is 5.75 Å². The van der Waals surface area contributed by atoms with Crippen LogP contribution in [0.4, 0.5) is 0 Å². The van der Waals surface area contributed by atoms with Crippen LogP contribution in [0.1, 0.15) is 10.4 Å². The van der Waals surface area contributed by atoms with E-state index in [1.165, 1.54) is 37.4 Å². The highest BCUT2D eigenvalue weighted by atomic mass is 35.5. The molecule has 5 nitrogen and oxygen atoms in total. The lowest BCUT2D eigenvalue weighted by molar-refractivity contribution is 0.0600. The Morgan fingerprint density at radius 3 is 2.33 bits per heavy atom. The topological polar surface area (TPSA) is 69.7 Å². The molecular formula is C14H11ClO5S. The number of para-hydroxylation sites is 1. The number of benzene rings is 2. The minimum Gasteiger partial charge on any atom is -0.465 e. The van der Waals surface area contributed by atoms with Gasteiger partial charge in [0, 0.05) is 0 Å². The number of ether oxygens (including phenoxy) is 1. The van der Waals surface area contributed by atoms with Gasteiger partial charge < -0.3 is 8.92 Å². The van der Waals surface area contributed by atoms with E-state index in [1.54, 1.807) is 18.2 Å². The summed E-state index contributed by atoms with van der Waals surface area (Å²) in [7, 11) is -2.86. The van der Waals surface area contributed by atoms with E-state index in [1.807, 2.05) is 0 Å². The lowest BCUT2D eigenvalue weighted by Gasteiger charge is -2.09. The van der Waals surface area contributed by atoms with Crippen molar-refractivity contribution in [2.75, 3.05) is 7.11 Å². The molecule has 21 heavy (non-hydrogen) atoms. The third-order valence-electron chi connectivity index (χ3n) is 2.57. The standard InChI is InChI=1S/C14H11ClO5S/c1-19-14(16)10-7-8-13(12(15)9-10)21(17,18)20-11-5-3-2-4-6-11/h2-9H,1H3. The molecule has 0 aromatic heterocycles. The fraction of sp³-hybridized carbons (Fsp3) is 0.0714. The maximum atomic E-state index is 12.2. The molecule has 0 aliphatic rings. The molecule has 0 saturated heterocycles. The first-order chi connectivity index (χ1) is 9.94. The van der Waals surface area contributed by atoms with Gasteiger partial charge in [-0.2, -0.15) is 8.42 Å². The average Bonchev–Trinajstić information content (AvgIpc) is 2.46. The van der Waals surface area contributed by atoms with E-state index in [4.69, 9.17) is 15.8 Å². The van der Waals surface area contributed by atoms with Gasteiger partial charge in [0.1, 0.15) is 10.6 Å². The van der Waals surface area contributed by atoms with Crippen molar-refractivity contribution in [1.29, 1.82) is 0 Å². The monoisotopic (exact) mass is 326 g/mol. The third kappa shape index (κ3) is 3.53. The minimum absolute atomic E-state index is 0.117. The quantitative estimate of drug-likeness (QED) is 0.638. The smallest absolute Gasteiger partial charge is 0.340 e. The zero-order valence-corrected chi connectivity index (χ0v) is 12.5. The maximum absolute atomic E-state index is 12.2. The van der Waals surface area contributed by atoms with E-state index in [9.17, 15) is 13.2 Å². The second-order valence-corrected chi connectivity index (χ2v) is 5.91. The van der Waals surface area contributed by atoms with E-state index < -0.39 is 16.1 Å². The zero-order valence-electron chi connectivity index (χ0n) is 10.9. The molecule has 0 amide bonds. The SMILES string of the molecule is COC(=O)c1ccc(S(=O)(=O)Oc2ccccc2)c(Cl)c1. The molecule has 2 rings (SSSR count). The molecule has 0 radical (unpaired) electrons. The molecule has 7 heteroatoms. The first kappa shape index (κ1) is 15.3. The van der Waals surface area contributed by atoms with Crippen LogP contribution in [0.25, 0.3) is 0 Å². The van der Waals surface area contributed by atoms with Gasteiger partial charge >= 0.3 is 16.1 Å². The van der Waals surface area contributed by atoms with Crippen LogP contribution in [-0.4, -0.2) is 21.5 Å². The number of carbonyl (C=O) groups excluding carboxylic acids is 1. The number of hydrogen-bond donors (Lipinski definition) is 0. The summed E-state index contributed by atoms with van der Waals surface area (Å²) in [6.45, 7) is 0. The number of methoxy groups -OCH3 is 1. The molecular weight excluding hydrogens is 316 g/mol. The first-order valence-corrected chi connectivity index (χ1v) is 7.60. The van der Waals surface area contributed by atoms with Crippen LogP contribution in [0.15, 0.2) is 53.4 Å². The zero-order chi connectivity index (χ0) is 15.5. The van der Waals surface area contributed by atoms with Crippen LogP contribution in [0.3, 0.4) is 0 Å². The number of halogens is 1. The van der Waals surface area contributed by atoms with Crippen molar-refractivity contribution < 1.29 is 22.1 Å². The number of hydrogen-bond acceptors (Lipinski definition) is 5. The Bertz CT molecular complexity index is 756. The lowest BCUT2D eigenvalue weighted by atomic mass is 10.2. The number of rotatable bonds is 4. The largest absolute Gasteiger partial charge is 0.465 e. The summed E-state index contributed by atoms with van der Waals surface area (Å²) in [5.74, 6) is -0.435. The summed E-state index contributed by atoms with van der Waals surface area (Å²) in [4.78, 5) is 11.1. The van der Waals surface area contributed by atoms with Gasteiger partial charge in [-0.1, -0.05) is 29.8 Å². The molecule has 0 fully saturated rings. The Kier molecular flexibility index (Phi) is 4.50. The molecule has 0 unspecified atom stereocenters. The minimum atomic E-state index is -4.08. The van der Waals surface area contributed by atoms with Gasteiger partial charge in [0.25, 0.3) is 0 Å². The molecule has 0 N–H and O–H groups in total. The van der Waals surface area contributed by atoms with Crippen LogP contribution < -0.4 is 4.18 Å². The summed E-state index contributed by atoms with van der Waals surface area (Å²) < 4.78 is 33.8. The van der Waals surface area contributed by atoms with Gasteiger partial charge in [-0.05, 0) is 30.3 Å². The van der Waals surface area contributed by atoms with Crippen LogP contribution in [0.2, 0.25) is 5.02 Å². The summed E-state index contributed by atoms with van der Waals surface area (Å²) in [5.41, 5.74) is 0.154. The van der Waals surface area contributed by atoms with Crippen LogP contribution in [-0.2, 0) is 14.9 Å². The van der Waals surface area contributed by atoms with Crippen LogP contribution >= 0.6 is 11.6 Å². The van der Waals surface area contributed by atoms with E-state index in [0.717, 1.165) is 0 Å². The highest BCUT2D eigenvalue weighted by Crippen LogP contribution is 2.26. The van der Waals surface area contributed by atoms with Crippen molar-refractivity contribution in [3.05, 3.63) is 59.1 Å². The summed E-state index contributed by atoms with van der Waals surface area (Å²) in [6.07, 6.45) is 0. The average molecular weight is 327 g/mol. The van der Waals surface area contributed by atoms with E-state index >= 15 is 0 Å². The molecule has 2 aromatic rings. The maximum Gasteiger partial charge on any atom is 0.340 e. The van der Waals surface area contributed by atoms with E-state index in [2.05, 4.69) is 4.74 Å². The van der Waals surface area contributed by atoms with Crippen molar-refractivity contribution in [3.63, 3.8) is 0 Å². The first-order valence-electron chi connectivity index (χ1n) is 5.81. The molecule has 0 saturated carbocycles. The predicted octanol–water partition coefficient (Wildman–Crippen LogP) is 2.89. The number of esters is 1. The molecule has 0 aliphatic heterocycles.